The lowest BCUT2D eigenvalue weighted by atomic mass is 9.97. The van der Waals surface area contributed by atoms with Gasteiger partial charge in [-0.1, -0.05) is 12.1 Å². The summed E-state index contributed by atoms with van der Waals surface area (Å²) in [5.74, 6) is 0. The molecule has 0 aromatic heterocycles. The molecule has 0 atom stereocenters. The van der Waals surface area contributed by atoms with Crippen LogP contribution in [0.25, 0.3) is 16.7 Å². The summed E-state index contributed by atoms with van der Waals surface area (Å²) < 4.78 is 0. The van der Waals surface area contributed by atoms with Crippen LogP contribution in [0, 0.1) is 22.7 Å². The van der Waals surface area contributed by atoms with Crippen LogP contribution >= 0.6 is 23.2 Å². The Bertz CT molecular complexity index is 958. The van der Waals surface area contributed by atoms with Gasteiger partial charge in [-0.25, -0.2) is 0 Å². The molecule has 1 aliphatic rings. The number of benzene rings is 2. The lowest BCUT2D eigenvalue weighted by Crippen LogP contribution is -1.93. The smallest absolute Gasteiger partial charge is 0.252 e. The van der Waals surface area contributed by atoms with Crippen LogP contribution in [0.2, 0.25) is 0 Å². The second-order valence-electron chi connectivity index (χ2n) is 5.04. The second-order valence-corrected chi connectivity index (χ2v) is 5.73. The predicted molar refractivity (Wildman–Crippen MR) is 89.5 cm³/mol. The maximum Gasteiger partial charge on any atom is 0.252 e. The monoisotopic (exact) mass is 352 g/mol. The highest BCUT2D eigenvalue weighted by atomic mass is 35.5. The maximum atomic E-state index is 11.4. The summed E-state index contributed by atoms with van der Waals surface area (Å²) in [5.41, 5.74) is 3.35. The van der Waals surface area contributed by atoms with Crippen molar-refractivity contribution >= 4 is 39.3 Å². The zero-order chi connectivity index (χ0) is 17.4. The molecule has 0 bridgehead atoms. The molecule has 0 spiro atoms. The Morgan fingerprint density at radius 1 is 0.750 bits per heavy atom. The van der Waals surface area contributed by atoms with Gasteiger partial charge in [0.2, 0.25) is 0 Å². The van der Waals surface area contributed by atoms with Gasteiger partial charge < -0.3 is 0 Å². The van der Waals surface area contributed by atoms with Gasteiger partial charge in [-0.2, -0.15) is 10.5 Å². The highest BCUT2D eigenvalue weighted by Gasteiger charge is 2.28. The summed E-state index contributed by atoms with van der Waals surface area (Å²) in [7, 11) is 0. The number of nitriles is 2. The molecule has 0 heterocycles. The minimum absolute atomic E-state index is 0.117. The first-order valence-electron chi connectivity index (χ1n) is 6.71. The van der Waals surface area contributed by atoms with Gasteiger partial charge >= 0.3 is 0 Å². The van der Waals surface area contributed by atoms with E-state index in [1.54, 1.807) is 24.3 Å². The van der Waals surface area contributed by atoms with Crippen LogP contribution < -0.4 is 0 Å². The highest BCUT2D eigenvalue weighted by Crippen LogP contribution is 2.46. The van der Waals surface area contributed by atoms with E-state index in [1.807, 2.05) is 12.1 Å². The normalized spacial score (nSPS) is 11.1. The lowest BCUT2D eigenvalue weighted by Gasteiger charge is -2.04. The van der Waals surface area contributed by atoms with Crippen molar-refractivity contribution in [2.75, 3.05) is 0 Å². The molecule has 0 unspecified atom stereocenters. The molecule has 0 fully saturated rings. The fraction of sp³-hybridized carbons (Fsp3) is 0. The van der Waals surface area contributed by atoms with Crippen molar-refractivity contribution in [2.45, 2.75) is 0 Å². The van der Waals surface area contributed by atoms with E-state index in [-0.39, 0.29) is 16.7 Å². The molecule has 2 aromatic rings. The third kappa shape index (κ3) is 2.39. The van der Waals surface area contributed by atoms with Gasteiger partial charge in [0.05, 0.1) is 0 Å². The van der Waals surface area contributed by atoms with Crippen LogP contribution in [-0.2, 0) is 0 Å². The molecule has 0 N–H and O–H groups in total. The van der Waals surface area contributed by atoms with Crippen LogP contribution in [0.4, 0.5) is 0 Å². The van der Waals surface area contributed by atoms with E-state index < -0.39 is 10.5 Å². The quantitative estimate of drug-likeness (QED) is 0.509. The topological polar surface area (TPSA) is 81.7 Å². The van der Waals surface area contributed by atoms with Crippen LogP contribution in [0.15, 0.2) is 42.0 Å². The first-order chi connectivity index (χ1) is 11.5. The molecular formula is C18H6Cl2N2O2. The Kier molecular flexibility index (Phi) is 3.95. The average Bonchev–Trinajstić information content (AvgIpc) is 2.89. The van der Waals surface area contributed by atoms with Crippen molar-refractivity contribution in [3.05, 3.63) is 64.2 Å². The maximum absolute atomic E-state index is 11.4. The Balaban J connectivity index is 2.41. The first-order valence-corrected chi connectivity index (χ1v) is 7.47. The van der Waals surface area contributed by atoms with Crippen molar-refractivity contribution in [3.63, 3.8) is 0 Å². The Morgan fingerprint density at radius 2 is 1.17 bits per heavy atom. The largest absolute Gasteiger partial charge is 0.276 e. The predicted octanol–water partition coefficient (Wildman–Crippen LogP) is 4.27. The number of nitrogens with zero attached hydrogens (tertiary/aromatic N) is 2. The van der Waals surface area contributed by atoms with E-state index in [9.17, 15) is 20.1 Å². The first kappa shape index (κ1) is 16.0. The van der Waals surface area contributed by atoms with Gasteiger partial charge in [0, 0.05) is 16.7 Å². The number of carbonyl (C=O) groups excluding carboxylic acids is 2. The van der Waals surface area contributed by atoms with E-state index in [2.05, 4.69) is 0 Å². The minimum atomic E-state index is -0.639. The average molecular weight is 353 g/mol. The number of halogens is 2. The molecule has 0 amide bonds. The van der Waals surface area contributed by atoms with Crippen molar-refractivity contribution in [2.24, 2.45) is 0 Å². The molecule has 0 radical (unpaired) electrons. The van der Waals surface area contributed by atoms with Crippen molar-refractivity contribution in [1.29, 1.82) is 10.5 Å². The number of hydrogen-bond acceptors (Lipinski definition) is 4. The molecule has 2 aromatic carbocycles. The fourth-order valence-electron chi connectivity index (χ4n) is 2.77. The number of fused-ring (bicyclic) bond motifs is 3. The standard InChI is InChI=1S/C18H6Cl2N2O2/c19-17(23)9-1-3-12-13-4-2-10(18(20)24)6-15(13)16(14(12)5-9)11(7-21)8-22/h1-6H. The van der Waals surface area contributed by atoms with E-state index in [1.165, 1.54) is 12.1 Å². The highest BCUT2D eigenvalue weighted by molar-refractivity contribution is 6.68. The van der Waals surface area contributed by atoms with Gasteiger partial charge in [0.1, 0.15) is 17.7 Å². The Labute approximate surface area is 147 Å². The van der Waals surface area contributed by atoms with Crippen molar-refractivity contribution < 1.29 is 9.59 Å². The zero-order valence-electron chi connectivity index (χ0n) is 11.9. The summed E-state index contributed by atoms with van der Waals surface area (Å²) >= 11 is 11.1. The number of carbonyl (C=O) groups is 2. The van der Waals surface area contributed by atoms with Gasteiger partial charge in [-0.15, -0.1) is 0 Å². The summed E-state index contributed by atoms with van der Waals surface area (Å²) in [6, 6.07) is 13.3. The van der Waals surface area contributed by atoms with E-state index in [0.717, 1.165) is 11.1 Å². The van der Waals surface area contributed by atoms with Crippen LogP contribution in [0.1, 0.15) is 31.8 Å². The minimum Gasteiger partial charge on any atom is -0.276 e. The van der Waals surface area contributed by atoms with Crippen molar-refractivity contribution in [3.8, 4) is 23.3 Å². The molecule has 0 aliphatic heterocycles. The molecule has 3 rings (SSSR count). The Morgan fingerprint density at radius 3 is 1.50 bits per heavy atom. The van der Waals surface area contributed by atoms with E-state index >= 15 is 0 Å². The lowest BCUT2D eigenvalue weighted by molar-refractivity contribution is 0.107. The number of hydrogen-bond donors (Lipinski definition) is 0. The molecule has 24 heavy (non-hydrogen) atoms. The zero-order valence-corrected chi connectivity index (χ0v) is 13.4. The third-order valence-electron chi connectivity index (χ3n) is 3.80. The number of allylic oxidation sites excluding steroid dienone is 1. The third-order valence-corrected chi connectivity index (χ3v) is 4.23. The molecule has 114 valence electrons. The molecule has 6 heteroatoms. The summed E-state index contributed by atoms with van der Waals surface area (Å²) in [6.45, 7) is 0. The molecule has 1 aliphatic carbocycles. The molecule has 0 saturated carbocycles. The summed E-state index contributed by atoms with van der Waals surface area (Å²) in [6.07, 6.45) is 0. The van der Waals surface area contributed by atoms with Gasteiger partial charge in [-0.05, 0) is 69.7 Å². The molecular weight excluding hydrogens is 347 g/mol. The molecule has 4 nitrogen and oxygen atoms in total. The van der Waals surface area contributed by atoms with Gasteiger partial charge in [0.15, 0.2) is 0 Å². The number of rotatable bonds is 2. The van der Waals surface area contributed by atoms with Crippen LogP contribution in [0.3, 0.4) is 0 Å². The summed E-state index contributed by atoms with van der Waals surface area (Å²) in [4.78, 5) is 22.9. The van der Waals surface area contributed by atoms with Gasteiger partial charge in [0.25, 0.3) is 10.5 Å². The van der Waals surface area contributed by atoms with Crippen LogP contribution in [0.5, 0.6) is 0 Å². The Hall–Kier alpha value is -2.92. The van der Waals surface area contributed by atoms with Gasteiger partial charge in [-0.3, -0.25) is 9.59 Å². The SMILES string of the molecule is N#CC(C#N)=C1c2cc(C(=O)Cl)ccc2-c2ccc(C(=O)Cl)cc21. The second kappa shape index (κ2) is 5.94. The van der Waals surface area contributed by atoms with Crippen LogP contribution in [-0.4, -0.2) is 10.5 Å². The summed E-state index contributed by atoms with van der Waals surface area (Å²) in [5, 5.41) is 17.3. The molecule has 0 saturated heterocycles. The van der Waals surface area contributed by atoms with E-state index in [0.29, 0.717) is 16.7 Å². The fourth-order valence-corrected chi connectivity index (χ4v) is 3.00. The van der Waals surface area contributed by atoms with E-state index in [4.69, 9.17) is 23.2 Å². The van der Waals surface area contributed by atoms with Crippen molar-refractivity contribution in [1.82, 2.24) is 0 Å².